The number of amides is 3. The molecule has 3 amide bonds. The summed E-state index contributed by atoms with van der Waals surface area (Å²) in [6.45, 7) is 2.95. The molecule has 2 saturated heterocycles. The van der Waals surface area contributed by atoms with Crippen LogP contribution in [0.5, 0.6) is 0 Å². The number of likely N-dealkylation sites (tertiary alicyclic amines) is 2. The lowest BCUT2D eigenvalue weighted by molar-refractivity contribution is -0.122. The monoisotopic (exact) mass is 347 g/mol. The molecular weight excluding hydrogens is 318 g/mol. The van der Waals surface area contributed by atoms with Crippen LogP contribution in [-0.2, 0) is 11.8 Å². The Balaban J connectivity index is 1.51. The summed E-state index contributed by atoms with van der Waals surface area (Å²) in [5.41, 5.74) is 1.20. The molecule has 1 aromatic heterocycles. The zero-order valence-electron chi connectivity index (χ0n) is 15.2. The van der Waals surface area contributed by atoms with Crippen molar-refractivity contribution < 1.29 is 9.59 Å². The number of piperidine rings is 1. The van der Waals surface area contributed by atoms with Gasteiger partial charge in [-0.2, -0.15) is 0 Å². The first kappa shape index (κ1) is 17.8. The molecule has 0 bridgehead atoms. The van der Waals surface area contributed by atoms with E-state index in [9.17, 15) is 9.59 Å². The second kappa shape index (κ2) is 7.91. The molecule has 0 aromatic carbocycles. The largest absolute Gasteiger partial charge is 0.358 e. The Hall–Kier alpha value is -2.02. The molecule has 2 N–H and O–H groups in total. The normalized spacial score (nSPS) is 22.2. The van der Waals surface area contributed by atoms with Gasteiger partial charge in [0.2, 0.25) is 5.91 Å². The van der Waals surface area contributed by atoms with Gasteiger partial charge in [-0.15, -0.1) is 0 Å². The quantitative estimate of drug-likeness (QED) is 0.856. The van der Waals surface area contributed by atoms with E-state index in [1.165, 1.54) is 5.69 Å². The van der Waals surface area contributed by atoms with Crippen LogP contribution in [0.1, 0.15) is 37.4 Å². The van der Waals surface area contributed by atoms with Crippen molar-refractivity contribution in [1.82, 2.24) is 25.0 Å². The fourth-order valence-electron chi connectivity index (χ4n) is 3.91. The Morgan fingerprint density at radius 2 is 1.96 bits per heavy atom. The van der Waals surface area contributed by atoms with Crippen LogP contribution in [0.2, 0.25) is 0 Å². The zero-order valence-corrected chi connectivity index (χ0v) is 15.2. The van der Waals surface area contributed by atoms with Gasteiger partial charge in [-0.3, -0.25) is 9.69 Å². The fourth-order valence-corrected chi connectivity index (χ4v) is 3.91. The van der Waals surface area contributed by atoms with E-state index in [-0.39, 0.29) is 24.0 Å². The summed E-state index contributed by atoms with van der Waals surface area (Å²) >= 11 is 0. The summed E-state index contributed by atoms with van der Waals surface area (Å²) in [6, 6.07) is 4.56. The van der Waals surface area contributed by atoms with E-state index < -0.39 is 0 Å². The maximum Gasteiger partial charge on any atom is 0.318 e. The molecule has 3 rings (SSSR count). The lowest BCUT2D eigenvalue weighted by Gasteiger charge is -2.33. The standard InChI is InChI=1S/C18H29N5O2/c1-19-17(24)13-22-11-7-14(8-12-22)20-18(25)23-10-4-6-16(23)15-5-3-9-21(15)2/h3,5,9,14,16H,4,6-8,10-13H2,1-2H3,(H,19,24)(H,20,25). The van der Waals surface area contributed by atoms with Gasteiger partial charge in [0.05, 0.1) is 12.6 Å². The third kappa shape index (κ3) is 4.15. The van der Waals surface area contributed by atoms with Crippen molar-refractivity contribution >= 4 is 11.9 Å². The number of rotatable bonds is 4. The summed E-state index contributed by atoms with van der Waals surface area (Å²) in [6.07, 6.45) is 5.90. The molecule has 1 aromatic rings. The Bertz CT molecular complexity index is 606. The summed E-state index contributed by atoms with van der Waals surface area (Å²) in [5.74, 6) is 0.0463. The van der Waals surface area contributed by atoms with Crippen molar-refractivity contribution in [3.05, 3.63) is 24.0 Å². The molecule has 0 radical (unpaired) electrons. The topological polar surface area (TPSA) is 69.6 Å². The highest BCUT2D eigenvalue weighted by atomic mass is 16.2. The summed E-state index contributed by atoms with van der Waals surface area (Å²) in [7, 11) is 3.69. The number of urea groups is 1. The predicted molar refractivity (Wildman–Crippen MR) is 96.2 cm³/mol. The molecule has 2 aliphatic rings. The van der Waals surface area contributed by atoms with E-state index in [2.05, 4.69) is 26.2 Å². The molecule has 138 valence electrons. The fraction of sp³-hybridized carbons (Fsp3) is 0.667. The predicted octanol–water partition coefficient (Wildman–Crippen LogP) is 1.08. The maximum absolute atomic E-state index is 12.8. The van der Waals surface area contributed by atoms with Crippen LogP contribution in [0, 0.1) is 0 Å². The first-order chi connectivity index (χ1) is 12.1. The van der Waals surface area contributed by atoms with E-state index in [0.29, 0.717) is 6.54 Å². The number of nitrogens with zero attached hydrogens (tertiary/aromatic N) is 3. The molecule has 0 aliphatic carbocycles. The van der Waals surface area contributed by atoms with E-state index in [1.807, 2.05) is 24.2 Å². The van der Waals surface area contributed by atoms with Crippen LogP contribution in [0.3, 0.4) is 0 Å². The van der Waals surface area contributed by atoms with Crippen molar-refractivity contribution in [2.45, 2.75) is 37.8 Å². The molecule has 7 nitrogen and oxygen atoms in total. The highest BCUT2D eigenvalue weighted by Crippen LogP contribution is 2.32. The number of likely N-dealkylation sites (N-methyl/N-ethyl adjacent to an activating group) is 1. The van der Waals surface area contributed by atoms with E-state index in [4.69, 9.17) is 0 Å². The van der Waals surface area contributed by atoms with Crippen molar-refractivity contribution in [1.29, 1.82) is 0 Å². The van der Waals surface area contributed by atoms with Gasteiger partial charge in [0.1, 0.15) is 0 Å². The molecule has 3 heterocycles. The molecule has 2 fully saturated rings. The highest BCUT2D eigenvalue weighted by molar-refractivity contribution is 5.77. The third-order valence-electron chi connectivity index (χ3n) is 5.40. The molecule has 7 heteroatoms. The molecular formula is C18H29N5O2. The van der Waals surface area contributed by atoms with Gasteiger partial charge in [-0.05, 0) is 37.8 Å². The number of carbonyl (C=O) groups excluding carboxylic acids is 2. The number of hydrogen-bond donors (Lipinski definition) is 2. The SMILES string of the molecule is CNC(=O)CN1CCC(NC(=O)N2CCCC2c2cccn2C)CC1. The van der Waals surface area contributed by atoms with Crippen LogP contribution in [0.15, 0.2) is 18.3 Å². The van der Waals surface area contributed by atoms with Gasteiger partial charge in [-0.25, -0.2) is 4.79 Å². The van der Waals surface area contributed by atoms with Crippen molar-refractivity contribution in [3.8, 4) is 0 Å². The number of aryl methyl sites for hydroxylation is 1. The second-order valence-corrected chi connectivity index (χ2v) is 7.07. The van der Waals surface area contributed by atoms with Gasteiger partial charge in [0.25, 0.3) is 0 Å². The average Bonchev–Trinajstić information content (AvgIpc) is 3.24. The van der Waals surface area contributed by atoms with Crippen molar-refractivity contribution in [2.75, 3.05) is 33.2 Å². The van der Waals surface area contributed by atoms with Crippen LogP contribution in [0.25, 0.3) is 0 Å². The Morgan fingerprint density at radius 1 is 1.20 bits per heavy atom. The zero-order chi connectivity index (χ0) is 17.8. The maximum atomic E-state index is 12.8. The van der Waals surface area contributed by atoms with Gasteiger partial charge < -0.3 is 20.1 Å². The molecule has 25 heavy (non-hydrogen) atoms. The smallest absolute Gasteiger partial charge is 0.318 e. The van der Waals surface area contributed by atoms with Crippen LogP contribution in [-0.4, -0.2) is 65.6 Å². The number of nitrogens with one attached hydrogen (secondary N) is 2. The first-order valence-corrected chi connectivity index (χ1v) is 9.19. The minimum Gasteiger partial charge on any atom is -0.358 e. The van der Waals surface area contributed by atoms with Crippen LogP contribution in [0.4, 0.5) is 4.79 Å². The van der Waals surface area contributed by atoms with Crippen LogP contribution >= 0.6 is 0 Å². The minimum atomic E-state index is 0.0463. The van der Waals surface area contributed by atoms with Crippen LogP contribution < -0.4 is 10.6 Å². The number of carbonyl (C=O) groups is 2. The van der Waals surface area contributed by atoms with E-state index in [0.717, 1.165) is 45.3 Å². The minimum absolute atomic E-state index is 0.0463. The number of hydrogen-bond acceptors (Lipinski definition) is 3. The molecule has 0 saturated carbocycles. The highest BCUT2D eigenvalue weighted by Gasteiger charge is 2.32. The molecule has 1 atom stereocenters. The summed E-state index contributed by atoms with van der Waals surface area (Å²) < 4.78 is 2.10. The van der Waals surface area contributed by atoms with E-state index in [1.54, 1.807) is 7.05 Å². The molecule has 0 spiro atoms. The Kier molecular flexibility index (Phi) is 5.63. The molecule has 1 unspecified atom stereocenters. The van der Waals surface area contributed by atoms with Gasteiger partial charge >= 0.3 is 6.03 Å². The summed E-state index contributed by atoms with van der Waals surface area (Å²) in [5, 5.41) is 5.87. The van der Waals surface area contributed by atoms with Crippen molar-refractivity contribution in [2.24, 2.45) is 7.05 Å². The third-order valence-corrected chi connectivity index (χ3v) is 5.40. The Labute approximate surface area is 149 Å². The van der Waals surface area contributed by atoms with Gasteiger partial charge in [-0.1, -0.05) is 0 Å². The summed E-state index contributed by atoms with van der Waals surface area (Å²) in [4.78, 5) is 28.3. The van der Waals surface area contributed by atoms with E-state index >= 15 is 0 Å². The first-order valence-electron chi connectivity index (χ1n) is 9.19. The lowest BCUT2D eigenvalue weighted by atomic mass is 10.1. The average molecular weight is 347 g/mol. The van der Waals surface area contributed by atoms with Crippen molar-refractivity contribution in [3.63, 3.8) is 0 Å². The second-order valence-electron chi connectivity index (χ2n) is 7.07. The lowest BCUT2D eigenvalue weighted by Crippen LogP contribution is -2.50. The molecule has 2 aliphatic heterocycles. The Morgan fingerprint density at radius 3 is 2.60 bits per heavy atom. The van der Waals surface area contributed by atoms with Gasteiger partial charge in [0.15, 0.2) is 0 Å². The van der Waals surface area contributed by atoms with Gasteiger partial charge in [0, 0.05) is 51.7 Å². The number of aromatic nitrogens is 1.